The first-order valence-corrected chi connectivity index (χ1v) is 12.1. The summed E-state index contributed by atoms with van der Waals surface area (Å²) >= 11 is 0. The van der Waals surface area contributed by atoms with Gasteiger partial charge in [0.2, 0.25) is 5.91 Å². The summed E-state index contributed by atoms with van der Waals surface area (Å²) in [6.45, 7) is 9.28. The fourth-order valence-electron chi connectivity index (χ4n) is 2.62. The third-order valence-electron chi connectivity index (χ3n) is 4.61. The SMILES string of the molecule is CCCCOC(=O)OOC(=O)[C@@](O)(CC(C)C)C(C)(C)COS(=O)(=O)CCCNC(C)=O. The van der Waals surface area contributed by atoms with E-state index in [1.807, 2.05) is 6.92 Å². The summed E-state index contributed by atoms with van der Waals surface area (Å²) < 4.78 is 34.1. The van der Waals surface area contributed by atoms with E-state index in [-0.39, 0.29) is 43.6 Å². The molecule has 0 aromatic heterocycles. The average Bonchev–Trinajstić information content (AvgIpc) is 2.67. The zero-order chi connectivity index (χ0) is 25.0. The second-order valence-corrected chi connectivity index (χ2v) is 10.4. The van der Waals surface area contributed by atoms with Crippen molar-refractivity contribution in [2.75, 3.05) is 25.5 Å². The Morgan fingerprint density at radius 3 is 2.25 bits per heavy atom. The van der Waals surface area contributed by atoms with Gasteiger partial charge in [0.25, 0.3) is 10.1 Å². The first-order valence-electron chi connectivity index (χ1n) is 10.6. The first kappa shape index (κ1) is 30.1. The monoisotopic (exact) mass is 483 g/mol. The Labute approximate surface area is 190 Å². The summed E-state index contributed by atoms with van der Waals surface area (Å²) in [6, 6.07) is 0. The number of nitrogens with one attached hydrogen (secondary N) is 1. The Hall–Kier alpha value is -1.92. The van der Waals surface area contributed by atoms with Crippen LogP contribution in [0.4, 0.5) is 4.79 Å². The molecule has 32 heavy (non-hydrogen) atoms. The van der Waals surface area contributed by atoms with Crippen molar-refractivity contribution in [1.82, 2.24) is 5.32 Å². The second-order valence-electron chi connectivity index (χ2n) is 8.61. The largest absolute Gasteiger partial charge is 0.549 e. The molecule has 0 aromatic carbocycles. The van der Waals surface area contributed by atoms with Gasteiger partial charge in [0.1, 0.15) is 0 Å². The predicted octanol–water partition coefficient (Wildman–Crippen LogP) is 2.07. The van der Waals surface area contributed by atoms with Crippen LogP contribution in [0.25, 0.3) is 0 Å². The first-order chi connectivity index (χ1) is 14.7. The van der Waals surface area contributed by atoms with E-state index in [0.29, 0.717) is 6.42 Å². The Morgan fingerprint density at radius 1 is 1.09 bits per heavy atom. The van der Waals surface area contributed by atoms with Gasteiger partial charge in [0.05, 0.1) is 19.0 Å². The summed E-state index contributed by atoms with van der Waals surface area (Å²) in [5, 5.41) is 13.6. The molecule has 0 aliphatic heterocycles. The Balaban J connectivity index is 5.13. The van der Waals surface area contributed by atoms with Crippen LogP contribution in [-0.4, -0.2) is 62.7 Å². The van der Waals surface area contributed by atoms with E-state index in [4.69, 9.17) is 8.92 Å². The molecule has 0 saturated heterocycles. The molecular weight excluding hydrogens is 446 g/mol. The maximum absolute atomic E-state index is 12.6. The quantitative estimate of drug-likeness (QED) is 0.123. The normalized spacial score (nSPS) is 13.9. The molecule has 188 valence electrons. The lowest BCUT2D eigenvalue weighted by atomic mass is 9.71. The molecule has 1 amide bonds. The van der Waals surface area contributed by atoms with Crippen LogP contribution in [0.3, 0.4) is 0 Å². The van der Waals surface area contributed by atoms with E-state index >= 15 is 0 Å². The summed E-state index contributed by atoms with van der Waals surface area (Å²) in [5.74, 6) is -2.10. The average molecular weight is 484 g/mol. The molecule has 0 aromatic rings. The number of aliphatic hydroxyl groups is 1. The highest BCUT2D eigenvalue weighted by Gasteiger charge is 2.53. The number of carbonyl (C=O) groups is 3. The second kappa shape index (κ2) is 13.6. The van der Waals surface area contributed by atoms with Crippen LogP contribution < -0.4 is 5.32 Å². The number of unbranched alkanes of at least 4 members (excludes halogenated alkanes) is 1. The van der Waals surface area contributed by atoms with Gasteiger partial charge < -0.3 is 15.2 Å². The van der Waals surface area contributed by atoms with Gasteiger partial charge in [-0.05, 0) is 25.2 Å². The van der Waals surface area contributed by atoms with Crippen LogP contribution in [0, 0.1) is 11.3 Å². The molecule has 2 N–H and O–H groups in total. The molecule has 0 radical (unpaired) electrons. The molecule has 0 heterocycles. The molecular formula is C20H37NO10S. The van der Waals surface area contributed by atoms with E-state index in [2.05, 4.69) is 15.1 Å². The number of ether oxygens (including phenoxy) is 1. The molecule has 1 atom stereocenters. The lowest BCUT2D eigenvalue weighted by Gasteiger charge is -2.40. The van der Waals surface area contributed by atoms with Crippen LogP contribution in [-0.2, 0) is 38.4 Å². The third kappa shape index (κ3) is 11.1. The minimum absolute atomic E-state index is 0.0856. The summed E-state index contributed by atoms with van der Waals surface area (Å²) in [7, 11) is -3.99. The van der Waals surface area contributed by atoms with Crippen LogP contribution in [0.2, 0.25) is 0 Å². The zero-order valence-electron chi connectivity index (χ0n) is 19.8. The van der Waals surface area contributed by atoms with Gasteiger partial charge in [-0.15, -0.1) is 0 Å². The van der Waals surface area contributed by atoms with E-state index in [1.54, 1.807) is 13.8 Å². The fraction of sp³-hybridized carbons (Fsp3) is 0.850. The fourth-order valence-corrected chi connectivity index (χ4v) is 3.71. The topological polar surface area (TPSA) is 155 Å². The van der Waals surface area contributed by atoms with Gasteiger partial charge in [0, 0.05) is 18.9 Å². The number of hydrogen-bond acceptors (Lipinski definition) is 10. The van der Waals surface area contributed by atoms with Crippen molar-refractivity contribution in [1.29, 1.82) is 0 Å². The minimum atomic E-state index is -3.99. The van der Waals surface area contributed by atoms with Gasteiger partial charge in [-0.25, -0.2) is 14.6 Å². The molecule has 12 heteroatoms. The van der Waals surface area contributed by atoms with Crippen molar-refractivity contribution >= 4 is 28.1 Å². The summed E-state index contributed by atoms with van der Waals surface area (Å²) in [6.07, 6.45) is 0.179. The van der Waals surface area contributed by atoms with Crippen molar-refractivity contribution in [3.8, 4) is 0 Å². The molecule has 0 saturated carbocycles. The summed E-state index contributed by atoms with van der Waals surface area (Å²) in [5.41, 5.74) is -3.66. The highest BCUT2D eigenvalue weighted by molar-refractivity contribution is 7.86. The Morgan fingerprint density at radius 2 is 1.72 bits per heavy atom. The maximum atomic E-state index is 12.6. The molecule has 0 fully saturated rings. The number of carbonyl (C=O) groups excluding carboxylic acids is 3. The molecule has 0 spiro atoms. The van der Waals surface area contributed by atoms with Crippen LogP contribution >= 0.6 is 0 Å². The van der Waals surface area contributed by atoms with Gasteiger partial charge in [-0.3, -0.25) is 8.98 Å². The maximum Gasteiger partial charge on any atom is 0.549 e. The number of hydrogen-bond donors (Lipinski definition) is 2. The van der Waals surface area contributed by atoms with Crippen molar-refractivity contribution in [2.24, 2.45) is 11.3 Å². The lowest BCUT2D eigenvalue weighted by molar-refractivity contribution is -0.268. The van der Waals surface area contributed by atoms with E-state index in [9.17, 15) is 27.9 Å². The predicted molar refractivity (Wildman–Crippen MR) is 115 cm³/mol. The smallest absolute Gasteiger partial charge is 0.432 e. The van der Waals surface area contributed by atoms with Crippen LogP contribution in [0.5, 0.6) is 0 Å². The minimum Gasteiger partial charge on any atom is -0.432 e. The van der Waals surface area contributed by atoms with Crippen LogP contribution in [0.1, 0.15) is 67.2 Å². The van der Waals surface area contributed by atoms with E-state index in [0.717, 1.165) is 6.42 Å². The Kier molecular flexibility index (Phi) is 12.8. The summed E-state index contributed by atoms with van der Waals surface area (Å²) in [4.78, 5) is 43.8. The number of rotatable bonds is 14. The Bertz CT molecular complexity index is 720. The van der Waals surface area contributed by atoms with E-state index in [1.165, 1.54) is 20.8 Å². The molecule has 0 bridgehead atoms. The van der Waals surface area contributed by atoms with Crippen LogP contribution in [0.15, 0.2) is 0 Å². The number of amides is 1. The van der Waals surface area contributed by atoms with Crippen molar-refractivity contribution in [3.63, 3.8) is 0 Å². The highest BCUT2D eigenvalue weighted by atomic mass is 32.2. The lowest BCUT2D eigenvalue weighted by Crippen LogP contribution is -2.55. The van der Waals surface area contributed by atoms with Gasteiger partial charge in [-0.2, -0.15) is 13.2 Å². The molecule has 0 aliphatic carbocycles. The standard InChI is InChI=1S/C20H37NO10S/c1-7-8-11-28-18(24)31-30-17(23)20(25,13-15(2)3)19(5,6)14-29-32(26,27)12-9-10-21-16(4)22/h15,25H,7-14H2,1-6H3,(H,21,22)/t20-/m0/s1. The van der Waals surface area contributed by atoms with Crippen molar-refractivity contribution < 1.29 is 46.6 Å². The zero-order valence-corrected chi connectivity index (χ0v) is 20.6. The molecule has 0 rings (SSSR count). The van der Waals surface area contributed by atoms with Crippen molar-refractivity contribution in [2.45, 2.75) is 72.8 Å². The van der Waals surface area contributed by atoms with Crippen molar-refractivity contribution in [3.05, 3.63) is 0 Å². The molecule has 11 nitrogen and oxygen atoms in total. The van der Waals surface area contributed by atoms with E-state index < -0.39 is 39.9 Å². The van der Waals surface area contributed by atoms with Gasteiger partial charge in [-0.1, -0.05) is 41.0 Å². The van der Waals surface area contributed by atoms with Gasteiger partial charge in [0.15, 0.2) is 5.60 Å². The third-order valence-corrected chi connectivity index (χ3v) is 5.87. The van der Waals surface area contributed by atoms with Gasteiger partial charge >= 0.3 is 12.1 Å². The molecule has 0 unspecified atom stereocenters. The highest BCUT2D eigenvalue weighted by Crippen LogP contribution is 2.38. The molecule has 0 aliphatic rings.